The fourth-order valence-corrected chi connectivity index (χ4v) is 3.66. The minimum Gasteiger partial charge on any atom is -0.305 e. The predicted molar refractivity (Wildman–Crippen MR) is 87.5 cm³/mol. The zero-order valence-electron chi connectivity index (χ0n) is 11.6. The van der Waals surface area contributed by atoms with E-state index in [9.17, 15) is 0 Å². The van der Waals surface area contributed by atoms with Crippen molar-refractivity contribution in [3.8, 4) is 0 Å². The molecular weight excluding hydrogens is 318 g/mol. The van der Waals surface area contributed by atoms with E-state index in [0.717, 1.165) is 6.54 Å². The molecule has 0 saturated carbocycles. The van der Waals surface area contributed by atoms with Crippen LogP contribution in [0.25, 0.3) is 0 Å². The van der Waals surface area contributed by atoms with Crippen molar-refractivity contribution in [3.05, 3.63) is 56.7 Å². The van der Waals surface area contributed by atoms with Gasteiger partial charge < -0.3 is 5.32 Å². The summed E-state index contributed by atoms with van der Waals surface area (Å²) in [5.41, 5.74) is 1.54. The first-order chi connectivity index (χ1) is 8.98. The van der Waals surface area contributed by atoms with Crippen molar-refractivity contribution in [2.75, 3.05) is 0 Å². The molecule has 1 unspecified atom stereocenters. The molecule has 0 aliphatic carbocycles. The molecular formula is C16H20BrNS. The van der Waals surface area contributed by atoms with Gasteiger partial charge in [-0.1, -0.05) is 51.1 Å². The number of nitrogens with one attached hydrogen (secondary N) is 1. The fourth-order valence-electron chi connectivity index (χ4n) is 2.22. The van der Waals surface area contributed by atoms with E-state index in [1.165, 1.54) is 14.9 Å². The topological polar surface area (TPSA) is 12.0 Å². The average Bonchev–Trinajstić information content (AvgIpc) is 2.75. The molecule has 0 radical (unpaired) electrons. The van der Waals surface area contributed by atoms with Gasteiger partial charge >= 0.3 is 0 Å². The van der Waals surface area contributed by atoms with Crippen LogP contribution >= 0.6 is 27.3 Å². The third-order valence-electron chi connectivity index (χ3n) is 3.16. The number of halogens is 1. The second-order valence-electron chi connectivity index (χ2n) is 5.78. The Hall–Kier alpha value is -0.640. The highest BCUT2D eigenvalue weighted by atomic mass is 79.9. The Labute approximate surface area is 128 Å². The third-order valence-corrected chi connectivity index (χ3v) is 5.08. The minimum atomic E-state index is 0.186. The summed E-state index contributed by atoms with van der Waals surface area (Å²) in [7, 11) is 0. The molecule has 2 aromatic rings. The molecule has 1 nitrogen and oxygen atoms in total. The van der Waals surface area contributed by atoms with Gasteiger partial charge in [0.2, 0.25) is 0 Å². The van der Waals surface area contributed by atoms with Crippen LogP contribution in [-0.2, 0) is 6.54 Å². The average molecular weight is 338 g/mol. The van der Waals surface area contributed by atoms with E-state index in [2.05, 4.69) is 83.8 Å². The van der Waals surface area contributed by atoms with Crippen LogP contribution < -0.4 is 5.32 Å². The zero-order valence-corrected chi connectivity index (χ0v) is 14.0. The van der Waals surface area contributed by atoms with Gasteiger partial charge in [0.1, 0.15) is 0 Å². The second kappa shape index (κ2) is 6.21. The zero-order chi connectivity index (χ0) is 13.9. The predicted octanol–water partition coefficient (Wildman–Crippen LogP) is 5.39. The number of benzene rings is 1. The van der Waals surface area contributed by atoms with Crippen molar-refractivity contribution in [3.63, 3.8) is 0 Å². The number of hydrogen-bond donors (Lipinski definition) is 1. The first-order valence-corrected chi connectivity index (χ1v) is 8.16. The fraction of sp³-hybridized carbons (Fsp3) is 0.375. The van der Waals surface area contributed by atoms with E-state index in [1.54, 1.807) is 11.3 Å². The molecule has 1 atom stereocenters. The molecule has 102 valence electrons. The quantitative estimate of drug-likeness (QED) is 0.788. The van der Waals surface area contributed by atoms with Crippen LogP contribution in [0.1, 0.15) is 37.3 Å². The first kappa shape index (κ1) is 14.8. The highest BCUT2D eigenvalue weighted by molar-refractivity contribution is 9.10. The molecule has 2 rings (SSSR count). The largest absolute Gasteiger partial charge is 0.305 e. The van der Waals surface area contributed by atoms with Crippen LogP contribution in [-0.4, -0.2) is 0 Å². The van der Waals surface area contributed by atoms with E-state index in [4.69, 9.17) is 0 Å². The highest BCUT2D eigenvalue weighted by Gasteiger charge is 2.25. The summed E-state index contributed by atoms with van der Waals surface area (Å²) in [6, 6.07) is 13.1. The van der Waals surface area contributed by atoms with Crippen molar-refractivity contribution in [2.24, 2.45) is 5.41 Å². The summed E-state index contributed by atoms with van der Waals surface area (Å²) in [6.07, 6.45) is 0. The molecule has 0 fully saturated rings. The van der Waals surface area contributed by atoms with E-state index < -0.39 is 0 Å². The van der Waals surface area contributed by atoms with Crippen molar-refractivity contribution in [2.45, 2.75) is 33.4 Å². The molecule has 1 aromatic heterocycles. The number of thiophene rings is 1. The van der Waals surface area contributed by atoms with E-state index in [0.29, 0.717) is 6.04 Å². The number of hydrogen-bond acceptors (Lipinski definition) is 2. The minimum absolute atomic E-state index is 0.186. The molecule has 1 N–H and O–H groups in total. The van der Waals surface area contributed by atoms with Crippen LogP contribution in [0, 0.1) is 5.41 Å². The van der Waals surface area contributed by atoms with Gasteiger partial charge in [-0.2, -0.15) is 0 Å². The first-order valence-electron chi connectivity index (χ1n) is 6.48. The van der Waals surface area contributed by atoms with Gasteiger partial charge in [-0.25, -0.2) is 0 Å². The lowest BCUT2D eigenvalue weighted by Gasteiger charge is -2.32. The van der Waals surface area contributed by atoms with Gasteiger partial charge in [0.15, 0.2) is 0 Å². The van der Waals surface area contributed by atoms with Crippen LogP contribution in [0.5, 0.6) is 0 Å². The molecule has 0 spiro atoms. The summed E-state index contributed by atoms with van der Waals surface area (Å²) in [5, 5.41) is 5.82. The SMILES string of the molecule is CC(C)(C)C(NCc1sccc1Br)c1ccccc1. The summed E-state index contributed by atoms with van der Waals surface area (Å²) in [4.78, 5) is 1.35. The van der Waals surface area contributed by atoms with Gasteiger partial charge in [-0.05, 0) is 38.4 Å². The smallest absolute Gasteiger partial charge is 0.0372 e. The highest BCUT2D eigenvalue weighted by Crippen LogP contribution is 2.33. The molecule has 0 amide bonds. The lowest BCUT2D eigenvalue weighted by Crippen LogP contribution is -2.31. The van der Waals surface area contributed by atoms with Gasteiger partial charge in [0.25, 0.3) is 0 Å². The Morgan fingerprint density at radius 2 is 1.84 bits per heavy atom. The molecule has 1 aromatic carbocycles. The van der Waals surface area contributed by atoms with Crippen LogP contribution in [0.4, 0.5) is 0 Å². The summed E-state index contributed by atoms with van der Waals surface area (Å²) in [5.74, 6) is 0. The van der Waals surface area contributed by atoms with Crippen molar-refractivity contribution >= 4 is 27.3 Å². The van der Waals surface area contributed by atoms with Crippen LogP contribution in [0.3, 0.4) is 0 Å². The van der Waals surface area contributed by atoms with Gasteiger partial charge in [-0.3, -0.25) is 0 Å². The molecule has 0 saturated heterocycles. The maximum absolute atomic E-state index is 3.70. The standard InChI is InChI=1S/C16H20BrNS/c1-16(2,3)15(12-7-5-4-6-8-12)18-11-14-13(17)9-10-19-14/h4-10,15,18H,11H2,1-3H3. The molecule has 0 bridgehead atoms. The Bertz CT molecular complexity index is 513. The molecule has 0 aliphatic rings. The van der Waals surface area contributed by atoms with Gasteiger partial charge in [0, 0.05) is 21.9 Å². The van der Waals surface area contributed by atoms with Gasteiger partial charge in [-0.15, -0.1) is 11.3 Å². The van der Waals surface area contributed by atoms with E-state index in [1.807, 2.05) is 0 Å². The maximum atomic E-state index is 3.70. The third kappa shape index (κ3) is 3.91. The van der Waals surface area contributed by atoms with Crippen molar-refractivity contribution in [1.29, 1.82) is 0 Å². The molecule has 1 heterocycles. The Balaban J connectivity index is 2.14. The molecule has 0 aliphatic heterocycles. The Kier molecular flexibility index (Phi) is 4.82. The second-order valence-corrected chi connectivity index (χ2v) is 7.64. The van der Waals surface area contributed by atoms with Crippen molar-refractivity contribution < 1.29 is 0 Å². The number of rotatable bonds is 4. The van der Waals surface area contributed by atoms with Crippen LogP contribution in [0.2, 0.25) is 0 Å². The Morgan fingerprint density at radius 1 is 1.16 bits per heavy atom. The maximum Gasteiger partial charge on any atom is 0.0372 e. The lowest BCUT2D eigenvalue weighted by molar-refractivity contribution is 0.271. The van der Waals surface area contributed by atoms with Crippen LogP contribution in [0.15, 0.2) is 46.3 Å². The summed E-state index contributed by atoms with van der Waals surface area (Å²) < 4.78 is 1.20. The monoisotopic (exact) mass is 337 g/mol. The van der Waals surface area contributed by atoms with E-state index in [-0.39, 0.29) is 5.41 Å². The molecule has 19 heavy (non-hydrogen) atoms. The van der Waals surface area contributed by atoms with E-state index >= 15 is 0 Å². The Morgan fingerprint density at radius 3 is 2.37 bits per heavy atom. The normalized spacial score (nSPS) is 13.5. The summed E-state index contributed by atoms with van der Waals surface area (Å²) >= 11 is 5.38. The lowest BCUT2D eigenvalue weighted by atomic mass is 9.82. The molecule has 3 heteroatoms. The van der Waals surface area contributed by atoms with Crippen molar-refractivity contribution in [1.82, 2.24) is 5.32 Å². The summed E-state index contributed by atoms with van der Waals surface area (Å²) in [6.45, 7) is 7.73. The van der Waals surface area contributed by atoms with Gasteiger partial charge in [0.05, 0.1) is 0 Å².